The number of ether oxygens (including phenoxy) is 1. The number of thiophene rings is 1. The zero-order valence-corrected chi connectivity index (χ0v) is 16.1. The summed E-state index contributed by atoms with van der Waals surface area (Å²) in [4.78, 5) is 13.9. The highest BCUT2D eigenvalue weighted by Crippen LogP contribution is 2.34. The average molecular weight is 412 g/mol. The molecule has 8 heteroatoms. The normalized spacial score (nSPS) is 15.9. The van der Waals surface area contributed by atoms with Gasteiger partial charge >= 0.3 is 0 Å². The maximum Gasteiger partial charge on any atom is 0.281 e. The number of hydrogen-bond donors (Lipinski definition) is 0. The number of hydrogen-bond acceptors (Lipinski definition) is 6. The van der Waals surface area contributed by atoms with Gasteiger partial charge in [-0.3, -0.25) is 4.79 Å². The number of amides is 1. The summed E-state index contributed by atoms with van der Waals surface area (Å²) >= 11 is 7.68. The molecule has 0 fully saturated rings. The van der Waals surface area contributed by atoms with Crippen molar-refractivity contribution in [3.63, 3.8) is 0 Å². The van der Waals surface area contributed by atoms with Crippen molar-refractivity contribution >= 4 is 34.6 Å². The molecule has 28 heavy (non-hydrogen) atoms. The van der Waals surface area contributed by atoms with E-state index in [1.54, 1.807) is 35.8 Å². The van der Waals surface area contributed by atoms with Crippen LogP contribution in [-0.2, 0) is 4.79 Å². The van der Waals surface area contributed by atoms with E-state index >= 15 is 0 Å². The average Bonchev–Trinajstić information content (AvgIpc) is 3.47. The molecule has 2 aromatic heterocycles. The predicted molar refractivity (Wildman–Crippen MR) is 105 cm³/mol. The fourth-order valence-electron chi connectivity index (χ4n) is 2.93. The molecule has 0 N–H and O–H groups in total. The van der Waals surface area contributed by atoms with Gasteiger partial charge in [0.1, 0.15) is 17.6 Å². The number of benzene rings is 1. The van der Waals surface area contributed by atoms with E-state index in [4.69, 9.17) is 26.0 Å². The highest BCUT2D eigenvalue weighted by molar-refractivity contribution is 7.12. The largest absolute Gasteiger partial charge is 0.482 e. The van der Waals surface area contributed by atoms with E-state index < -0.39 is 0 Å². The monoisotopic (exact) mass is 411 g/mol. The fraction of sp³-hybridized carbons (Fsp3) is 0.150. The summed E-state index contributed by atoms with van der Waals surface area (Å²) in [5, 5.41) is 17.1. The number of nitriles is 1. The number of carbonyl (C=O) groups is 1. The minimum Gasteiger partial charge on any atom is -0.482 e. The lowest BCUT2D eigenvalue weighted by Crippen LogP contribution is -2.31. The Morgan fingerprint density at radius 1 is 1.39 bits per heavy atom. The Hall–Kier alpha value is -3.08. The van der Waals surface area contributed by atoms with Crippen LogP contribution in [0.4, 0.5) is 0 Å². The van der Waals surface area contributed by atoms with Gasteiger partial charge in [0.2, 0.25) is 0 Å². The molecule has 3 aromatic rings. The van der Waals surface area contributed by atoms with Crippen LogP contribution in [0.15, 0.2) is 63.6 Å². The highest BCUT2D eigenvalue weighted by Gasteiger charge is 2.35. The Morgan fingerprint density at radius 2 is 2.29 bits per heavy atom. The third-order valence-electron chi connectivity index (χ3n) is 4.26. The summed E-state index contributed by atoms with van der Waals surface area (Å²) in [6, 6.07) is 13.9. The van der Waals surface area contributed by atoms with E-state index in [0.717, 1.165) is 10.6 Å². The van der Waals surface area contributed by atoms with Crippen molar-refractivity contribution in [3.8, 4) is 11.8 Å². The summed E-state index contributed by atoms with van der Waals surface area (Å²) in [7, 11) is 0. The van der Waals surface area contributed by atoms with Crippen molar-refractivity contribution in [1.82, 2.24) is 5.01 Å². The number of hydrazone groups is 1. The second-order valence-corrected chi connectivity index (χ2v) is 7.40. The third-order valence-corrected chi connectivity index (χ3v) is 5.47. The molecule has 1 aromatic carbocycles. The minimum absolute atomic E-state index is 0.232. The summed E-state index contributed by atoms with van der Waals surface area (Å²) < 4.78 is 11.1. The molecule has 0 unspecified atom stereocenters. The number of furan rings is 1. The van der Waals surface area contributed by atoms with Crippen molar-refractivity contribution in [1.29, 1.82) is 5.26 Å². The molecule has 0 aliphatic carbocycles. The van der Waals surface area contributed by atoms with Gasteiger partial charge < -0.3 is 9.15 Å². The quantitative estimate of drug-likeness (QED) is 0.613. The van der Waals surface area contributed by atoms with Gasteiger partial charge in [-0.15, -0.1) is 11.3 Å². The van der Waals surface area contributed by atoms with Crippen LogP contribution in [0, 0.1) is 11.3 Å². The molecule has 1 amide bonds. The lowest BCUT2D eigenvalue weighted by atomic mass is 10.1. The standard InChI is InChI=1S/C20H14ClN3O3S/c21-14-9-13(11-22)5-6-17(14)27-12-20(25)24-16(18-3-1-7-26-18)10-15(23-24)19-4-2-8-28-19/h1-9,16H,10,12H2/t16-/m0/s1. The number of carbonyl (C=O) groups excluding carboxylic acids is 1. The van der Waals surface area contributed by atoms with Crippen molar-refractivity contribution in [2.75, 3.05) is 6.61 Å². The second kappa shape index (κ2) is 7.89. The first kappa shape index (κ1) is 18.3. The van der Waals surface area contributed by atoms with Crippen LogP contribution in [0.2, 0.25) is 5.02 Å². The van der Waals surface area contributed by atoms with Crippen LogP contribution in [0.25, 0.3) is 0 Å². The highest BCUT2D eigenvalue weighted by atomic mass is 35.5. The van der Waals surface area contributed by atoms with E-state index in [9.17, 15) is 4.79 Å². The Morgan fingerprint density at radius 3 is 2.96 bits per heavy atom. The van der Waals surface area contributed by atoms with Crippen LogP contribution < -0.4 is 4.74 Å². The Labute approximate surface area is 170 Å². The molecule has 3 heterocycles. The Kier molecular flexibility index (Phi) is 5.15. The van der Waals surface area contributed by atoms with Crippen molar-refractivity contribution < 1.29 is 13.9 Å². The first-order valence-electron chi connectivity index (χ1n) is 8.45. The fourth-order valence-corrected chi connectivity index (χ4v) is 3.88. The van der Waals surface area contributed by atoms with Gasteiger partial charge in [-0.05, 0) is 41.8 Å². The molecular weight excluding hydrogens is 398 g/mol. The number of rotatable bonds is 5. The molecule has 0 spiro atoms. The van der Waals surface area contributed by atoms with Gasteiger partial charge in [0.05, 0.1) is 33.5 Å². The molecular formula is C20H14ClN3O3S. The molecule has 1 atom stereocenters. The van der Waals surface area contributed by atoms with E-state index in [1.807, 2.05) is 29.6 Å². The number of nitrogens with zero attached hydrogens (tertiary/aromatic N) is 3. The maximum atomic E-state index is 12.8. The van der Waals surface area contributed by atoms with Crippen molar-refractivity contribution in [3.05, 3.63) is 75.3 Å². The van der Waals surface area contributed by atoms with Gasteiger partial charge in [-0.1, -0.05) is 17.7 Å². The zero-order valence-electron chi connectivity index (χ0n) is 14.5. The minimum atomic E-state index is -0.320. The summed E-state index contributed by atoms with van der Waals surface area (Å²) in [5.74, 6) is 0.693. The van der Waals surface area contributed by atoms with Crippen LogP contribution in [0.1, 0.15) is 28.7 Å². The lowest BCUT2D eigenvalue weighted by Gasteiger charge is -2.20. The van der Waals surface area contributed by atoms with E-state index in [2.05, 4.69) is 5.10 Å². The molecule has 140 valence electrons. The van der Waals surface area contributed by atoms with E-state index in [1.165, 1.54) is 11.1 Å². The number of halogens is 1. The summed E-state index contributed by atoms with van der Waals surface area (Å²) in [6.45, 7) is -0.232. The maximum absolute atomic E-state index is 12.8. The van der Waals surface area contributed by atoms with Crippen LogP contribution >= 0.6 is 22.9 Å². The summed E-state index contributed by atoms with van der Waals surface area (Å²) in [6.07, 6.45) is 2.14. The summed E-state index contributed by atoms with van der Waals surface area (Å²) in [5.41, 5.74) is 1.26. The van der Waals surface area contributed by atoms with Gasteiger partial charge in [0.15, 0.2) is 6.61 Å². The SMILES string of the molecule is N#Cc1ccc(OCC(=O)N2N=C(c3cccs3)C[C@H]2c2ccco2)c(Cl)c1. The second-order valence-electron chi connectivity index (χ2n) is 6.04. The smallest absolute Gasteiger partial charge is 0.281 e. The predicted octanol–water partition coefficient (Wildman–Crippen LogP) is 4.62. The zero-order chi connectivity index (χ0) is 19.5. The van der Waals surface area contributed by atoms with Gasteiger partial charge in [-0.2, -0.15) is 10.4 Å². The molecule has 0 radical (unpaired) electrons. The van der Waals surface area contributed by atoms with E-state index in [0.29, 0.717) is 23.5 Å². The topological polar surface area (TPSA) is 78.8 Å². The Balaban J connectivity index is 1.53. The molecule has 6 nitrogen and oxygen atoms in total. The van der Waals surface area contributed by atoms with Crippen molar-refractivity contribution in [2.45, 2.75) is 12.5 Å². The van der Waals surface area contributed by atoms with Crippen LogP contribution in [0.3, 0.4) is 0 Å². The van der Waals surface area contributed by atoms with Gasteiger partial charge in [0, 0.05) is 6.42 Å². The van der Waals surface area contributed by atoms with Crippen LogP contribution in [0.5, 0.6) is 5.75 Å². The van der Waals surface area contributed by atoms with Crippen molar-refractivity contribution in [2.24, 2.45) is 5.10 Å². The molecule has 4 rings (SSSR count). The van der Waals surface area contributed by atoms with Gasteiger partial charge in [0.25, 0.3) is 5.91 Å². The molecule has 1 aliphatic heterocycles. The molecule has 0 bridgehead atoms. The first-order valence-corrected chi connectivity index (χ1v) is 9.70. The first-order chi connectivity index (χ1) is 13.7. The van der Waals surface area contributed by atoms with Crippen LogP contribution in [-0.4, -0.2) is 23.2 Å². The van der Waals surface area contributed by atoms with Gasteiger partial charge in [-0.25, -0.2) is 5.01 Å². The molecule has 0 saturated carbocycles. The third kappa shape index (κ3) is 3.65. The molecule has 0 saturated heterocycles. The lowest BCUT2D eigenvalue weighted by molar-refractivity contribution is -0.135. The van der Waals surface area contributed by atoms with E-state index in [-0.39, 0.29) is 23.6 Å². The molecule has 1 aliphatic rings. The Bertz CT molecular complexity index is 1060.